The van der Waals surface area contributed by atoms with Crippen LogP contribution >= 0.6 is 11.3 Å². The molecule has 98 valence electrons. The number of primary amides is 1. The van der Waals surface area contributed by atoms with Gasteiger partial charge in [0.15, 0.2) is 16.8 Å². The second-order valence-corrected chi connectivity index (χ2v) is 5.22. The monoisotopic (exact) mass is 276 g/mol. The first-order chi connectivity index (χ1) is 9.22. The van der Waals surface area contributed by atoms with Crippen LogP contribution in [0.2, 0.25) is 0 Å². The summed E-state index contributed by atoms with van der Waals surface area (Å²) in [5, 5.41) is 6.89. The van der Waals surface area contributed by atoms with Gasteiger partial charge in [0.05, 0.1) is 6.20 Å². The van der Waals surface area contributed by atoms with E-state index in [0.717, 1.165) is 12.8 Å². The molecule has 1 aliphatic rings. The Bertz CT molecular complexity index is 609. The van der Waals surface area contributed by atoms with Crippen LogP contribution in [0.5, 0.6) is 0 Å². The molecule has 2 aromatic heterocycles. The summed E-state index contributed by atoms with van der Waals surface area (Å²) in [5.41, 5.74) is 5.19. The number of thiazole rings is 1. The van der Waals surface area contributed by atoms with E-state index in [1.54, 1.807) is 12.4 Å². The van der Waals surface area contributed by atoms with Gasteiger partial charge in [-0.05, 0) is 12.8 Å². The number of aromatic nitrogens is 3. The number of carbonyl (C=O) groups excluding carboxylic acids is 1. The van der Waals surface area contributed by atoms with Gasteiger partial charge in [0, 0.05) is 18.4 Å². The van der Waals surface area contributed by atoms with Gasteiger partial charge in [-0.3, -0.25) is 4.79 Å². The van der Waals surface area contributed by atoms with Gasteiger partial charge in [0.25, 0.3) is 5.91 Å². The summed E-state index contributed by atoms with van der Waals surface area (Å²) in [6, 6.07) is 0.481. The number of rotatable bonds is 5. The van der Waals surface area contributed by atoms with Crippen LogP contribution in [0, 0.1) is 0 Å². The van der Waals surface area contributed by atoms with E-state index in [4.69, 9.17) is 5.73 Å². The van der Waals surface area contributed by atoms with Crippen LogP contribution in [0.1, 0.15) is 22.5 Å². The highest BCUT2D eigenvalue weighted by atomic mass is 32.1. The molecule has 4 N–H and O–H groups in total. The first-order valence-electron chi connectivity index (χ1n) is 5.82. The van der Waals surface area contributed by atoms with Crippen molar-refractivity contribution in [3.63, 3.8) is 0 Å². The number of nitrogens with two attached hydrogens (primary N) is 1. The summed E-state index contributed by atoms with van der Waals surface area (Å²) in [7, 11) is 0. The predicted molar refractivity (Wildman–Crippen MR) is 72.6 cm³/mol. The van der Waals surface area contributed by atoms with Crippen molar-refractivity contribution >= 4 is 34.0 Å². The van der Waals surface area contributed by atoms with Gasteiger partial charge in [-0.1, -0.05) is 11.3 Å². The van der Waals surface area contributed by atoms with Crippen LogP contribution in [0.25, 0.3) is 0 Å². The zero-order valence-electron chi connectivity index (χ0n) is 9.96. The van der Waals surface area contributed by atoms with E-state index in [9.17, 15) is 4.79 Å². The van der Waals surface area contributed by atoms with E-state index in [0.29, 0.717) is 27.7 Å². The average Bonchev–Trinajstić information content (AvgIpc) is 3.08. The van der Waals surface area contributed by atoms with Gasteiger partial charge < -0.3 is 16.4 Å². The Morgan fingerprint density at radius 2 is 2.00 bits per heavy atom. The van der Waals surface area contributed by atoms with E-state index in [1.165, 1.54) is 17.5 Å². The molecule has 0 unspecified atom stereocenters. The van der Waals surface area contributed by atoms with Crippen molar-refractivity contribution in [2.24, 2.45) is 5.73 Å². The lowest BCUT2D eigenvalue weighted by Crippen LogP contribution is -2.08. The molecule has 1 saturated carbocycles. The van der Waals surface area contributed by atoms with E-state index < -0.39 is 5.91 Å². The van der Waals surface area contributed by atoms with Gasteiger partial charge in [-0.15, -0.1) is 0 Å². The number of anilines is 3. The first kappa shape index (κ1) is 11.8. The Morgan fingerprint density at radius 1 is 1.26 bits per heavy atom. The molecule has 0 atom stereocenters. The molecule has 2 heterocycles. The van der Waals surface area contributed by atoms with Gasteiger partial charge >= 0.3 is 0 Å². The molecule has 1 fully saturated rings. The van der Waals surface area contributed by atoms with Gasteiger partial charge in [-0.25, -0.2) is 15.0 Å². The van der Waals surface area contributed by atoms with Crippen LogP contribution in [-0.4, -0.2) is 26.9 Å². The second-order valence-electron chi connectivity index (χ2n) is 4.19. The van der Waals surface area contributed by atoms with Crippen LogP contribution in [0.4, 0.5) is 16.8 Å². The average molecular weight is 276 g/mol. The number of nitrogens with zero attached hydrogens (tertiary/aromatic N) is 3. The third-order valence-electron chi connectivity index (χ3n) is 2.59. The summed E-state index contributed by atoms with van der Waals surface area (Å²) in [5.74, 6) is 0.807. The summed E-state index contributed by atoms with van der Waals surface area (Å²) in [6.07, 6.45) is 6.98. The van der Waals surface area contributed by atoms with Crippen molar-refractivity contribution in [2.45, 2.75) is 18.9 Å². The number of hydrogen-bond donors (Lipinski definition) is 3. The second kappa shape index (κ2) is 4.81. The smallest absolute Gasteiger partial charge is 0.260 e. The van der Waals surface area contributed by atoms with Crippen LogP contribution in [-0.2, 0) is 0 Å². The molecule has 0 aromatic carbocycles. The van der Waals surface area contributed by atoms with Crippen molar-refractivity contribution in [1.82, 2.24) is 15.0 Å². The molecule has 7 nitrogen and oxygen atoms in total. The molecule has 8 heteroatoms. The summed E-state index contributed by atoms with van der Waals surface area (Å²) >= 11 is 1.19. The fourth-order valence-corrected chi connectivity index (χ4v) is 2.17. The quantitative estimate of drug-likeness (QED) is 0.761. The number of hydrogen-bond acceptors (Lipinski definition) is 7. The van der Waals surface area contributed by atoms with Crippen molar-refractivity contribution in [2.75, 3.05) is 10.6 Å². The molecule has 0 spiro atoms. The normalized spacial score (nSPS) is 14.1. The van der Waals surface area contributed by atoms with Gasteiger partial charge in [0.2, 0.25) is 0 Å². The van der Waals surface area contributed by atoms with Crippen molar-refractivity contribution in [1.29, 1.82) is 0 Å². The Balaban J connectivity index is 1.79. The van der Waals surface area contributed by atoms with Crippen LogP contribution < -0.4 is 16.4 Å². The fourth-order valence-electron chi connectivity index (χ4n) is 1.50. The van der Waals surface area contributed by atoms with Gasteiger partial charge in [-0.2, -0.15) is 0 Å². The van der Waals surface area contributed by atoms with E-state index in [-0.39, 0.29) is 0 Å². The molecule has 0 radical (unpaired) electrons. The van der Waals surface area contributed by atoms with E-state index in [2.05, 4.69) is 25.6 Å². The molecule has 0 saturated heterocycles. The van der Waals surface area contributed by atoms with E-state index >= 15 is 0 Å². The molecule has 1 aliphatic carbocycles. The molecule has 3 rings (SSSR count). The molecule has 1 amide bonds. The van der Waals surface area contributed by atoms with Crippen molar-refractivity contribution < 1.29 is 4.79 Å². The lowest BCUT2D eigenvalue weighted by Gasteiger charge is -2.08. The number of carbonyl (C=O) groups is 1. The lowest BCUT2D eigenvalue weighted by atomic mass is 10.5. The Labute approximate surface area is 113 Å². The first-order valence-corrected chi connectivity index (χ1v) is 6.64. The SMILES string of the molecule is NC(=O)c1cnc(Nc2nccnc2NC2CC2)s1. The third kappa shape index (κ3) is 2.79. The molecule has 0 bridgehead atoms. The minimum absolute atomic E-state index is 0.406. The molecular weight excluding hydrogens is 264 g/mol. The Kier molecular flexibility index (Phi) is 3.00. The maximum atomic E-state index is 11.0. The highest BCUT2D eigenvalue weighted by Gasteiger charge is 2.23. The van der Waals surface area contributed by atoms with Crippen molar-refractivity contribution in [3.8, 4) is 0 Å². The lowest BCUT2D eigenvalue weighted by molar-refractivity contribution is 0.100. The molecule has 0 aliphatic heterocycles. The number of amides is 1. The number of nitrogens with one attached hydrogen (secondary N) is 2. The Morgan fingerprint density at radius 3 is 2.63 bits per heavy atom. The van der Waals surface area contributed by atoms with Gasteiger partial charge in [0.1, 0.15) is 4.88 Å². The Hall–Kier alpha value is -2.22. The summed E-state index contributed by atoms with van der Waals surface area (Å²) < 4.78 is 0. The topological polar surface area (TPSA) is 106 Å². The van der Waals surface area contributed by atoms with Crippen LogP contribution in [0.3, 0.4) is 0 Å². The van der Waals surface area contributed by atoms with Crippen molar-refractivity contribution in [3.05, 3.63) is 23.5 Å². The van der Waals surface area contributed by atoms with E-state index in [1.807, 2.05) is 0 Å². The van der Waals surface area contributed by atoms with Crippen LogP contribution in [0.15, 0.2) is 18.6 Å². The molecular formula is C11H12N6OS. The maximum Gasteiger partial charge on any atom is 0.260 e. The maximum absolute atomic E-state index is 11.0. The fraction of sp³-hybridized carbons (Fsp3) is 0.273. The summed E-state index contributed by atoms with van der Waals surface area (Å²) in [4.78, 5) is 24.0. The third-order valence-corrected chi connectivity index (χ3v) is 3.52. The highest BCUT2D eigenvalue weighted by Crippen LogP contribution is 2.29. The predicted octanol–water partition coefficient (Wildman–Crippen LogP) is 1.35. The summed E-state index contributed by atoms with van der Waals surface area (Å²) in [6.45, 7) is 0. The molecule has 19 heavy (non-hydrogen) atoms. The minimum atomic E-state index is -0.485. The zero-order chi connectivity index (χ0) is 13.2. The standard InChI is InChI=1S/C11H12N6OS/c12-8(18)7-5-15-11(19-7)17-10-9(13-3-4-14-10)16-6-1-2-6/h3-6H,1-2H2,(H2,12,18)(H,13,16)(H,14,15,17). The molecule has 2 aromatic rings. The zero-order valence-corrected chi connectivity index (χ0v) is 10.8. The largest absolute Gasteiger partial charge is 0.365 e. The minimum Gasteiger partial charge on any atom is -0.365 e. The highest BCUT2D eigenvalue weighted by molar-refractivity contribution is 7.17.